The predicted molar refractivity (Wildman–Crippen MR) is 87.9 cm³/mol. The Kier molecular flexibility index (Phi) is 3.81. The molecule has 0 bridgehead atoms. The van der Waals surface area contributed by atoms with Crippen LogP contribution in [0.5, 0.6) is 0 Å². The number of benzene rings is 1. The Morgan fingerprint density at radius 2 is 2.11 bits per heavy atom. The van der Waals surface area contributed by atoms with Gasteiger partial charge in [-0.1, -0.05) is 55.9 Å². The Balaban J connectivity index is 2.47. The number of hydrogen-bond donors (Lipinski definition) is 0. The average Bonchev–Trinajstić information content (AvgIpc) is 2.52. The molecule has 0 N–H and O–H groups in total. The van der Waals surface area contributed by atoms with Gasteiger partial charge >= 0.3 is 0 Å². The highest BCUT2D eigenvalue weighted by atomic mass is 127. The van der Waals surface area contributed by atoms with E-state index in [4.69, 9.17) is 0 Å². The lowest BCUT2D eigenvalue weighted by Gasteiger charge is -2.22. The fraction of sp³-hybridized carbons (Fsp3) is 0.294. The van der Waals surface area contributed by atoms with Crippen molar-refractivity contribution in [1.29, 1.82) is 0 Å². The fourth-order valence-corrected chi connectivity index (χ4v) is 3.12. The van der Waals surface area contributed by atoms with E-state index in [0.29, 0.717) is 0 Å². The third-order valence-electron chi connectivity index (χ3n) is 3.71. The minimum absolute atomic E-state index is 0.146. The summed E-state index contributed by atoms with van der Waals surface area (Å²) >= 11 is 2.39. The maximum atomic E-state index is 3.76. The second-order valence-corrected chi connectivity index (χ2v) is 6.66. The molecule has 1 aliphatic carbocycles. The lowest BCUT2D eigenvalue weighted by Crippen LogP contribution is -2.15. The van der Waals surface area contributed by atoms with Gasteiger partial charge in [-0.15, -0.1) is 0 Å². The Morgan fingerprint density at radius 3 is 2.78 bits per heavy atom. The molecule has 1 aliphatic rings. The predicted octanol–water partition coefficient (Wildman–Crippen LogP) is 5.18. The van der Waals surface area contributed by atoms with Crippen molar-refractivity contribution in [2.24, 2.45) is 0 Å². The smallest absolute Gasteiger partial charge is 0.0133 e. The summed E-state index contributed by atoms with van der Waals surface area (Å²) in [7, 11) is 0. The van der Waals surface area contributed by atoms with Crippen molar-refractivity contribution < 1.29 is 0 Å². The van der Waals surface area contributed by atoms with Crippen LogP contribution >= 0.6 is 22.6 Å². The molecule has 0 radical (unpaired) electrons. The van der Waals surface area contributed by atoms with E-state index in [1.165, 1.54) is 25.8 Å². The maximum absolute atomic E-state index is 3.76. The zero-order chi connectivity index (χ0) is 13.3. The van der Waals surface area contributed by atoms with Gasteiger partial charge in [0.15, 0.2) is 0 Å². The van der Waals surface area contributed by atoms with Crippen LogP contribution in [0.1, 0.15) is 31.9 Å². The van der Waals surface area contributed by atoms with Crippen LogP contribution in [-0.4, -0.2) is 0 Å². The number of fused-ring (bicyclic) bond motifs is 1. The molecule has 1 aromatic carbocycles. The first-order valence-corrected chi connectivity index (χ1v) is 7.32. The van der Waals surface area contributed by atoms with Gasteiger partial charge in [-0.2, -0.15) is 0 Å². The minimum Gasteiger partial charge on any atom is -0.0991 e. The summed E-state index contributed by atoms with van der Waals surface area (Å²) < 4.78 is 1.32. The summed E-state index contributed by atoms with van der Waals surface area (Å²) in [4.78, 5) is 0. The van der Waals surface area contributed by atoms with Gasteiger partial charge in [0.1, 0.15) is 0 Å². The average molecular weight is 350 g/mol. The van der Waals surface area contributed by atoms with Gasteiger partial charge in [-0.05, 0) is 59.2 Å². The van der Waals surface area contributed by atoms with Crippen LogP contribution < -0.4 is 0 Å². The second kappa shape index (κ2) is 5.04. The standard InChI is InChI=1S/C17H19I/c1-5-6-12(2)9-14-10-13-7-8-15(18)11-16(13)17(14,3)4/h5-9,11H,1,10H2,2-4H3/b12-6-,14-9+. The van der Waals surface area contributed by atoms with Crippen molar-refractivity contribution in [3.63, 3.8) is 0 Å². The van der Waals surface area contributed by atoms with Gasteiger partial charge in [0, 0.05) is 8.99 Å². The fourth-order valence-electron chi connectivity index (χ4n) is 2.62. The molecule has 0 atom stereocenters. The van der Waals surface area contributed by atoms with Crippen LogP contribution in [0.4, 0.5) is 0 Å². The van der Waals surface area contributed by atoms with Crippen LogP contribution in [0.2, 0.25) is 0 Å². The van der Waals surface area contributed by atoms with E-state index >= 15 is 0 Å². The summed E-state index contributed by atoms with van der Waals surface area (Å²) in [5.41, 5.74) is 5.86. The van der Waals surface area contributed by atoms with E-state index in [0.717, 1.165) is 6.42 Å². The summed E-state index contributed by atoms with van der Waals surface area (Å²) in [6.07, 6.45) is 7.30. The van der Waals surface area contributed by atoms with Gasteiger partial charge < -0.3 is 0 Å². The molecule has 0 spiro atoms. The Morgan fingerprint density at radius 1 is 1.39 bits per heavy atom. The molecular weight excluding hydrogens is 331 g/mol. The van der Waals surface area contributed by atoms with Crippen molar-refractivity contribution in [1.82, 2.24) is 0 Å². The first kappa shape index (κ1) is 13.6. The van der Waals surface area contributed by atoms with Crippen LogP contribution in [0.15, 0.2) is 54.2 Å². The summed E-state index contributed by atoms with van der Waals surface area (Å²) in [5.74, 6) is 0. The topological polar surface area (TPSA) is 0 Å². The van der Waals surface area contributed by atoms with E-state index in [9.17, 15) is 0 Å². The van der Waals surface area contributed by atoms with Crippen LogP contribution in [0, 0.1) is 3.57 Å². The number of hydrogen-bond acceptors (Lipinski definition) is 0. The molecule has 0 nitrogen and oxygen atoms in total. The molecule has 0 amide bonds. The van der Waals surface area contributed by atoms with E-state index in [1.807, 2.05) is 6.08 Å². The SMILES string of the molecule is C=C/C=C(C)\C=C1/Cc2ccc(I)cc2C1(C)C. The molecule has 0 unspecified atom stereocenters. The highest BCUT2D eigenvalue weighted by Gasteiger charge is 2.34. The lowest BCUT2D eigenvalue weighted by atomic mass is 9.82. The molecule has 94 valence electrons. The number of rotatable bonds is 2. The van der Waals surface area contributed by atoms with Crippen LogP contribution in [0.3, 0.4) is 0 Å². The quantitative estimate of drug-likeness (QED) is 0.509. The normalized spacial score (nSPS) is 20.0. The molecule has 0 heterocycles. The minimum atomic E-state index is 0.146. The summed E-state index contributed by atoms with van der Waals surface area (Å²) in [5, 5.41) is 0. The second-order valence-electron chi connectivity index (χ2n) is 5.42. The maximum Gasteiger partial charge on any atom is 0.0133 e. The zero-order valence-corrected chi connectivity index (χ0v) is 13.4. The first-order valence-electron chi connectivity index (χ1n) is 6.24. The molecule has 0 fully saturated rings. The van der Waals surface area contributed by atoms with E-state index in [2.05, 4.69) is 80.3 Å². The molecule has 18 heavy (non-hydrogen) atoms. The highest BCUT2D eigenvalue weighted by molar-refractivity contribution is 14.1. The monoisotopic (exact) mass is 350 g/mol. The lowest BCUT2D eigenvalue weighted by molar-refractivity contribution is 0.643. The van der Waals surface area contributed by atoms with Crippen molar-refractivity contribution >= 4 is 22.6 Å². The third-order valence-corrected chi connectivity index (χ3v) is 4.38. The Hall–Kier alpha value is -0.830. The zero-order valence-electron chi connectivity index (χ0n) is 11.3. The molecule has 0 saturated carbocycles. The third kappa shape index (κ3) is 2.46. The van der Waals surface area contributed by atoms with E-state index < -0.39 is 0 Å². The van der Waals surface area contributed by atoms with Crippen molar-refractivity contribution in [2.45, 2.75) is 32.6 Å². The molecule has 0 saturated heterocycles. The van der Waals surface area contributed by atoms with Crippen molar-refractivity contribution in [3.05, 3.63) is 68.8 Å². The molecule has 2 rings (SSSR count). The van der Waals surface area contributed by atoms with Gasteiger partial charge in [-0.25, -0.2) is 0 Å². The summed E-state index contributed by atoms with van der Waals surface area (Å²) in [6.45, 7) is 10.5. The number of halogens is 1. The van der Waals surface area contributed by atoms with Crippen LogP contribution in [0.25, 0.3) is 0 Å². The van der Waals surface area contributed by atoms with E-state index in [1.54, 1.807) is 0 Å². The van der Waals surface area contributed by atoms with Crippen molar-refractivity contribution in [3.8, 4) is 0 Å². The van der Waals surface area contributed by atoms with Crippen molar-refractivity contribution in [2.75, 3.05) is 0 Å². The van der Waals surface area contributed by atoms with Gasteiger partial charge in [0.05, 0.1) is 0 Å². The van der Waals surface area contributed by atoms with Gasteiger partial charge in [0.2, 0.25) is 0 Å². The van der Waals surface area contributed by atoms with Gasteiger partial charge in [0.25, 0.3) is 0 Å². The van der Waals surface area contributed by atoms with Crippen LogP contribution in [-0.2, 0) is 11.8 Å². The first-order chi connectivity index (χ1) is 8.45. The molecule has 1 aromatic rings. The largest absolute Gasteiger partial charge is 0.0991 e. The highest BCUT2D eigenvalue weighted by Crippen LogP contribution is 2.43. The Bertz CT molecular complexity index is 545. The molecule has 1 heteroatoms. The Labute approximate surface area is 124 Å². The van der Waals surface area contributed by atoms with Gasteiger partial charge in [-0.3, -0.25) is 0 Å². The molecular formula is C17H19I. The summed E-state index contributed by atoms with van der Waals surface area (Å²) in [6, 6.07) is 6.79. The molecule has 0 aliphatic heterocycles. The molecule has 0 aromatic heterocycles. The van der Waals surface area contributed by atoms with E-state index in [-0.39, 0.29) is 5.41 Å². The number of allylic oxidation sites excluding steroid dienone is 5.